The van der Waals surface area contributed by atoms with E-state index < -0.39 is 0 Å². The highest BCUT2D eigenvalue weighted by Crippen LogP contribution is 2.22. The van der Waals surface area contributed by atoms with Gasteiger partial charge in [0.15, 0.2) is 0 Å². The van der Waals surface area contributed by atoms with Crippen LogP contribution in [0.2, 0.25) is 0 Å². The largest absolute Gasteiger partial charge is 0.392 e. The highest BCUT2D eigenvalue weighted by Gasteiger charge is 2.10. The summed E-state index contributed by atoms with van der Waals surface area (Å²) in [6, 6.07) is 6.00. The Kier molecular flexibility index (Phi) is 2.73. The van der Waals surface area contributed by atoms with Gasteiger partial charge in [0.25, 0.3) is 0 Å². The van der Waals surface area contributed by atoms with E-state index >= 15 is 0 Å². The van der Waals surface area contributed by atoms with E-state index in [1.165, 1.54) is 5.39 Å². The van der Waals surface area contributed by atoms with Gasteiger partial charge in [-0.1, -0.05) is 31.5 Å². The fraction of sp³-hybridized carbons (Fsp3) is 0.417. The lowest BCUT2D eigenvalue weighted by Gasteiger charge is -2.00. The molecule has 0 spiro atoms. The average molecular weight is 204 g/mol. The van der Waals surface area contributed by atoms with Gasteiger partial charge in [0.05, 0.1) is 17.8 Å². The maximum Gasteiger partial charge on any atom is 0.0737 e. The van der Waals surface area contributed by atoms with E-state index in [0.717, 1.165) is 29.6 Å². The Morgan fingerprint density at radius 2 is 2.20 bits per heavy atom. The molecule has 2 aromatic rings. The summed E-state index contributed by atoms with van der Waals surface area (Å²) in [5.41, 5.74) is 3.14. The van der Waals surface area contributed by atoms with Gasteiger partial charge in [0.1, 0.15) is 0 Å². The Morgan fingerprint density at radius 3 is 2.87 bits per heavy atom. The fourth-order valence-electron chi connectivity index (χ4n) is 2.04. The van der Waals surface area contributed by atoms with Gasteiger partial charge in [-0.05, 0) is 6.42 Å². The first-order valence-electron chi connectivity index (χ1n) is 5.32. The number of rotatable bonds is 3. The number of aliphatic hydroxyl groups excluding tert-OH is 1. The molecule has 0 aliphatic heterocycles. The molecular weight excluding hydrogens is 188 g/mol. The lowest BCUT2D eigenvalue weighted by atomic mass is 10.1. The first-order chi connectivity index (χ1) is 7.27. The lowest BCUT2D eigenvalue weighted by Crippen LogP contribution is -1.94. The summed E-state index contributed by atoms with van der Waals surface area (Å²) in [6.07, 6.45) is 2.09. The van der Waals surface area contributed by atoms with Crippen LogP contribution in [0.15, 0.2) is 18.2 Å². The molecular formula is C12H16N2O. The topological polar surface area (TPSA) is 38.0 Å². The summed E-state index contributed by atoms with van der Waals surface area (Å²) in [4.78, 5) is 0. The van der Waals surface area contributed by atoms with Crippen molar-refractivity contribution in [3.8, 4) is 0 Å². The van der Waals surface area contributed by atoms with E-state index in [1.54, 1.807) is 0 Å². The number of nitrogens with zero attached hydrogens (tertiary/aromatic N) is 2. The SMILES string of the molecule is CCCc1nn(C)c2c(CO)cccc12. The zero-order chi connectivity index (χ0) is 10.8. The minimum Gasteiger partial charge on any atom is -0.392 e. The number of aromatic nitrogens is 2. The first-order valence-corrected chi connectivity index (χ1v) is 5.32. The number of fused-ring (bicyclic) bond motifs is 1. The maximum absolute atomic E-state index is 9.26. The summed E-state index contributed by atoms with van der Waals surface area (Å²) in [7, 11) is 1.93. The van der Waals surface area contributed by atoms with Crippen LogP contribution in [0.3, 0.4) is 0 Å². The highest BCUT2D eigenvalue weighted by molar-refractivity contribution is 5.84. The number of hydrogen-bond donors (Lipinski definition) is 1. The Labute approximate surface area is 89.3 Å². The van der Waals surface area contributed by atoms with Crippen molar-refractivity contribution in [2.45, 2.75) is 26.4 Å². The Bertz CT molecular complexity index is 474. The minimum absolute atomic E-state index is 0.0719. The summed E-state index contributed by atoms with van der Waals surface area (Å²) >= 11 is 0. The third-order valence-electron chi connectivity index (χ3n) is 2.68. The van der Waals surface area contributed by atoms with Crippen LogP contribution in [-0.2, 0) is 20.1 Å². The van der Waals surface area contributed by atoms with Gasteiger partial charge in [0.2, 0.25) is 0 Å². The Hall–Kier alpha value is -1.35. The van der Waals surface area contributed by atoms with Crippen LogP contribution in [0.25, 0.3) is 10.9 Å². The second-order valence-electron chi connectivity index (χ2n) is 3.79. The molecule has 0 saturated heterocycles. The van der Waals surface area contributed by atoms with Gasteiger partial charge in [-0.15, -0.1) is 0 Å². The zero-order valence-corrected chi connectivity index (χ0v) is 9.20. The van der Waals surface area contributed by atoms with E-state index in [2.05, 4.69) is 18.1 Å². The molecule has 80 valence electrons. The third-order valence-corrected chi connectivity index (χ3v) is 2.68. The van der Waals surface area contributed by atoms with Crippen LogP contribution in [0.1, 0.15) is 24.6 Å². The molecule has 15 heavy (non-hydrogen) atoms. The third kappa shape index (κ3) is 1.63. The lowest BCUT2D eigenvalue weighted by molar-refractivity contribution is 0.283. The van der Waals surface area contributed by atoms with Crippen LogP contribution >= 0.6 is 0 Å². The van der Waals surface area contributed by atoms with Crippen LogP contribution < -0.4 is 0 Å². The standard InChI is InChI=1S/C12H16N2O/c1-3-5-11-10-7-4-6-9(8-15)12(10)14(2)13-11/h4,6-7,15H,3,5,8H2,1-2H3. The Balaban J connectivity index is 2.68. The number of benzene rings is 1. The number of hydrogen-bond acceptors (Lipinski definition) is 2. The second-order valence-corrected chi connectivity index (χ2v) is 3.79. The zero-order valence-electron chi connectivity index (χ0n) is 9.20. The van der Waals surface area contributed by atoms with Crippen LogP contribution in [0, 0.1) is 0 Å². The molecule has 3 heteroatoms. The van der Waals surface area contributed by atoms with Gasteiger partial charge in [-0.2, -0.15) is 5.10 Å². The predicted molar refractivity (Wildman–Crippen MR) is 60.6 cm³/mol. The summed E-state index contributed by atoms with van der Waals surface area (Å²) in [5.74, 6) is 0. The molecule has 1 aromatic carbocycles. The molecule has 0 aliphatic carbocycles. The number of para-hydroxylation sites is 1. The van der Waals surface area contributed by atoms with Gasteiger partial charge >= 0.3 is 0 Å². The fourth-order valence-corrected chi connectivity index (χ4v) is 2.04. The van der Waals surface area contributed by atoms with Gasteiger partial charge < -0.3 is 5.11 Å². The van der Waals surface area contributed by atoms with Crippen molar-refractivity contribution in [3.63, 3.8) is 0 Å². The minimum atomic E-state index is 0.0719. The van der Waals surface area contributed by atoms with Crippen LogP contribution in [-0.4, -0.2) is 14.9 Å². The predicted octanol–water partition coefficient (Wildman–Crippen LogP) is 2.02. The van der Waals surface area contributed by atoms with Gasteiger partial charge in [0, 0.05) is 18.0 Å². The number of aliphatic hydroxyl groups is 1. The van der Waals surface area contributed by atoms with E-state index in [4.69, 9.17) is 0 Å². The molecule has 0 aliphatic rings. The van der Waals surface area contributed by atoms with E-state index in [0.29, 0.717) is 0 Å². The van der Waals surface area contributed by atoms with Crippen molar-refractivity contribution in [2.24, 2.45) is 7.05 Å². The van der Waals surface area contributed by atoms with Crippen molar-refractivity contribution in [2.75, 3.05) is 0 Å². The quantitative estimate of drug-likeness (QED) is 0.830. The normalized spacial score (nSPS) is 11.1. The van der Waals surface area contributed by atoms with Crippen molar-refractivity contribution in [1.29, 1.82) is 0 Å². The number of aryl methyl sites for hydroxylation is 2. The van der Waals surface area contributed by atoms with Crippen molar-refractivity contribution in [1.82, 2.24) is 9.78 Å². The smallest absolute Gasteiger partial charge is 0.0737 e. The van der Waals surface area contributed by atoms with Crippen molar-refractivity contribution < 1.29 is 5.11 Å². The molecule has 0 bridgehead atoms. The van der Waals surface area contributed by atoms with E-state index in [9.17, 15) is 5.11 Å². The second kappa shape index (κ2) is 4.03. The van der Waals surface area contributed by atoms with Crippen molar-refractivity contribution in [3.05, 3.63) is 29.5 Å². The van der Waals surface area contributed by atoms with Gasteiger partial charge in [-0.3, -0.25) is 4.68 Å². The molecule has 1 heterocycles. The molecule has 0 atom stereocenters. The molecule has 1 N–H and O–H groups in total. The molecule has 1 aromatic heterocycles. The Morgan fingerprint density at radius 1 is 1.40 bits per heavy atom. The summed E-state index contributed by atoms with van der Waals surface area (Å²) in [5, 5.41) is 14.9. The molecule has 0 radical (unpaired) electrons. The van der Waals surface area contributed by atoms with Gasteiger partial charge in [-0.25, -0.2) is 0 Å². The average Bonchev–Trinajstić information content (AvgIpc) is 2.57. The molecule has 0 unspecified atom stereocenters. The van der Waals surface area contributed by atoms with E-state index in [1.807, 2.05) is 23.9 Å². The van der Waals surface area contributed by atoms with Crippen LogP contribution in [0.4, 0.5) is 0 Å². The summed E-state index contributed by atoms with van der Waals surface area (Å²) in [6.45, 7) is 2.22. The first kappa shape index (κ1) is 10.2. The highest BCUT2D eigenvalue weighted by atomic mass is 16.3. The molecule has 0 amide bonds. The molecule has 3 nitrogen and oxygen atoms in total. The molecule has 0 fully saturated rings. The van der Waals surface area contributed by atoms with Crippen molar-refractivity contribution >= 4 is 10.9 Å². The monoisotopic (exact) mass is 204 g/mol. The molecule has 2 rings (SSSR count). The maximum atomic E-state index is 9.26. The molecule has 0 saturated carbocycles. The summed E-state index contributed by atoms with van der Waals surface area (Å²) < 4.78 is 1.87. The van der Waals surface area contributed by atoms with Crippen LogP contribution in [0.5, 0.6) is 0 Å². The van der Waals surface area contributed by atoms with E-state index in [-0.39, 0.29) is 6.61 Å².